The van der Waals surface area contributed by atoms with E-state index in [1.807, 2.05) is 30.3 Å². The third-order valence-electron chi connectivity index (χ3n) is 2.73. The van der Waals surface area contributed by atoms with Gasteiger partial charge in [-0.3, -0.25) is 4.79 Å². The third-order valence-corrected chi connectivity index (χ3v) is 2.73. The first-order valence-corrected chi connectivity index (χ1v) is 6.51. The Labute approximate surface area is 118 Å². The highest BCUT2D eigenvalue weighted by atomic mass is 16.5. The van der Waals surface area contributed by atoms with Gasteiger partial charge in [0.25, 0.3) is 5.91 Å². The Morgan fingerprint density at radius 1 is 1.10 bits per heavy atom. The maximum atomic E-state index is 11.8. The Morgan fingerprint density at radius 2 is 1.90 bits per heavy atom. The normalized spacial score (nSPS) is 10.0. The fraction of sp³-hybridized carbons (Fsp3) is 0.188. The smallest absolute Gasteiger partial charge is 0.251 e. The van der Waals surface area contributed by atoms with Gasteiger partial charge in [-0.1, -0.05) is 24.3 Å². The van der Waals surface area contributed by atoms with Crippen LogP contribution in [0.25, 0.3) is 0 Å². The van der Waals surface area contributed by atoms with Gasteiger partial charge in [0.1, 0.15) is 11.5 Å². The first-order chi connectivity index (χ1) is 9.75. The van der Waals surface area contributed by atoms with Crippen LogP contribution in [0.4, 0.5) is 0 Å². The average molecular weight is 271 g/mol. The van der Waals surface area contributed by atoms with Crippen molar-refractivity contribution in [3.05, 3.63) is 60.2 Å². The molecule has 4 heteroatoms. The Bertz CT molecular complexity index is 555. The maximum Gasteiger partial charge on any atom is 0.251 e. The lowest BCUT2D eigenvalue weighted by Crippen LogP contribution is -2.25. The topological polar surface area (TPSA) is 58.6 Å². The molecule has 104 valence electrons. The van der Waals surface area contributed by atoms with Crippen LogP contribution in [0.1, 0.15) is 16.8 Å². The van der Waals surface area contributed by atoms with E-state index >= 15 is 0 Å². The molecule has 0 radical (unpaired) electrons. The van der Waals surface area contributed by atoms with Crippen LogP contribution in [-0.2, 0) is 0 Å². The van der Waals surface area contributed by atoms with Gasteiger partial charge in [0.2, 0.25) is 0 Å². The molecule has 4 nitrogen and oxygen atoms in total. The molecule has 2 N–H and O–H groups in total. The van der Waals surface area contributed by atoms with Crippen molar-refractivity contribution >= 4 is 5.91 Å². The zero-order valence-corrected chi connectivity index (χ0v) is 11.1. The Hall–Kier alpha value is -2.49. The molecule has 0 spiro atoms. The van der Waals surface area contributed by atoms with Crippen molar-refractivity contribution in [2.45, 2.75) is 6.42 Å². The quantitative estimate of drug-likeness (QED) is 0.794. The van der Waals surface area contributed by atoms with Crippen molar-refractivity contribution in [2.24, 2.45) is 0 Å². The molecule has 0 aliphatic carbocycles. The number of hydrogen-bond donors (Lipinski definition) is 2. The molecule has 0 aliphatic rings. The summed E-state index contributed by atoms with van der Waals surface area (Å²) in [6.45, 7) is 1.08. The number of hydrogen-bond acceptors (Lipinski definition) is 3. The highest BCUT2D eigenvalue weighted by Gasteiger charge is 2.04. The summed E-state index contributed by atoms with van der Waals surface area (Å²) in [6.07, 6.45) is 0.722. The first-order valence-electron chi connectivity index (χ1n) is 6.51. The van der Waals surface area contributed by atoms with Crippen LogP contribution in [0.5, 0.6) is 11.5 Å². The molecule has 0 fully saturated rings. The molecule has 0 aromatic heterocycles. The van der Waals surface area contributed by atoms with Crippen LogP contribution in [0.3, 0.4) is 0 Å². The number of phenolic OH excluding ortho intramolecular Hbond substituents is 1. The lowest BCUT2D eigenvalue weighted by Gasteiger charge is -2.07. The highest BCUT2D eigenvalue weighted by molar-refractivity contribution is 5.94. The van der Waals surface area contributed by atoms with Crippen LogP contribution < -0.4 is 10.1 Å². The monoisotopic (exact) mass is 271 g/mol. The van der Waals surface area contributed by atoms with E-state index in [1.54, 1.807) is 12.1 Å². The van der Waals surface area contributed by atoms with Gasteiger partial charge in [-0.05, 0) is 36.8 Å². The number of rotatable bonds is 6. The van der Waals surface area contributed by atoms with Gasteiger partial charge in [0.15, 0.2) is 0 Å². The number of nitrogens with one attached hydrogen (secondary N) is 1. The minimum Gasteiger partial charge on any atom is -0.508 e. The number of benzene rings is 2. The summed E-state index contributed by atoms with van der Waals surface area (Å²) in [6, 6.07) is 15.8. The summed E-state index contributed by atoms with van der Waals surface area (Å²) in [4.78, 5) is 11.8. The van der Waals surface area contributed by atoms with Crippen molar-refractivity contribution < 1.29 is 14.6 Å². The maximum absolute atomic E-state index is 11.8. The molecule has 0 heterocycles. The second kappa shape index (κ2) is 7.19. The molecule has 0 atom stereocenters. The Kier molecular flexibility index (Phi) is 5.00. The largest absolute Gasteiger partial charge is 0.508 e. The summed E-state index contributed by atoms with van der Waals surface area (Å²) < 4.78 is 5.52. The summed E-state index contributed by atoms with van der Waals surface area (Å²) >= 11 is 0. The van der Waals surface area contributed by atoms with E-state index in [2.05, 4.69) is 5.32 Å². The number of phenols is 1. The zero-order chi connectivity index (χ0) is 14.2. The molecular formula is C16H17NO3. The Balaban J connectivity index is 1.67. The molecule has 20 heavy (non-hydrogen) atoms. The number of ether oxygens (including phenoxy) is 1. The number of carbonyl (C=O) groups excluding carboxylic acids is 1. The van der Waals surface area contributed by atoms with Crippen molar-refractivity contribution in [1.29, 1.82) is 0 Å². The lowest BCUT2D eigenvalue weighted by molar-refractivity contribution is 0.0951. The van der Waals surface area contributed by atoms with Crippen molar-refractivity contribution in [3.8, 4) is 11.5 Å². The minimum atomic E-state index is -0.194. The van der Waals surface area contributed by atoms with E-state index < -0.39 is 0 Å². The third kappa shape index (κ3) is 4.31. The van der Waals surface area contributed by atoms with E-state index in [1.165, 1.54) is 12.1 Å². The molecular weight excluding hydrogens is 254 g/mol. The van der Waals surface area contributed by atoms with Crippen LogP contribution in [-0.4, -0.2) is 24.2 Å². The molecule has 2 aromatic carbocycles. The summed E-state index contributed by atoms with van der Waals surface area (Å²) in [5.74, 6) is 0.720. The van der Waals surface area contributed by atoms with Crippen molar-refractivity contribution in [2.75, 3.05) is 13.2 Å². The molecule has 0 saturated heterocycles. The molecule has 2 rings (SSSR count). The second-order valence-electron chi connectivity index (χ2n) is 4.32. The molecule has 1 amide bonds. The average Bonchev–Trinajstić information content (AvgIpc) is 2.48. The molecule has 2 aromatic rings. The van der Waals surface area contributed by atoms with Gasteiger partial charge in [0.05, 0.1) is 6.61 Å². The fourth-order valence-electron chi connectivity index (χ4n) is 1.73. The van der Waals surface area contributed by atoms with Crippen LogP contribution in [0.15, 0.2) is 54.6 Å². The van der Waals surface area contributed by atoms with Gasteiger partial charge in [-0.25, -0.2) is 0 Å². The summed E-state index contributed by atoms with van der Waals surface area (Å²) in [5.41, 5.74) is 0.453. The fourth-order valence-corrected chi connectivity index (χ4v) is 1.73. The highest BCUT2D eigenvalue weighted by Crippen LogP contribution is 2.10. The van der Waals surface area contributed by atoms with Crippen molar-refractivity contribution in [3.63, 3.8) is 0 Å². The van der Waals surface area contributed by atoms with E-state index in [9.17, 15) is 9.90 Å². The van der Waals surface area contributed by atoms with Crippen LogP contribution in [0.2, 0.25) is 0 Å². The standard InChI is InChI=1S/C16H17NO3/c18-14-7-4-6-13(12-14)16(19)17-10-5-11-20-15-8-2-1-3-9-15/h1-4,6-9,12,18H,5,10-11H2,(H,17,19). The van der Waals surface area contributed by atoms with E-state index in [0.29, 0.717) is 18.7 Å². The number of amides is 1. The predicted octanol–water partition coefficient (Wildman–Crippen LogP) is 2.59. The van der Waals surface area contributed by atoms with Gasteiger partial charge in [-0.2, -0.15) is 0 Å². The number of para-hydroxylation sites is 1. The molecule has 0 bridgehead atoms. The summed E-state index contributed by atoms with van der Waals surface area (Å²) in [7, 11) is 0. The van der Waals surface area contributed by atoms with E-state index in [4.69, 9.17) is 4.74 Å². The minimum absolute atomic E-state index is 0.0880. The van der Waals surface area contributed by atoms with Gasteiger partial charge >= 0.3 is 0 Å². The number of aromatic hydroxyl groups is 1. The van der Waals surface area contributed by atoms with Crippen LogP contribution in [0, 0.1) is 0 Å². The summed E-state index contributed by atoms with van der Waals surface area (Å²) in [5, 5.41) is 12.1. The first kappa shape index (κ1) is 13.9. The Morgan fingerprint density at radius 3 is 2.65 bits per heavy atom. The predicted molar refractivity (Wildman–Crippen MR) is 77.0 cm³/mol. The molecule has 0 unspecified atom stereocenters. The van der Waals surface area contributed by atoms with Gasteiger partial charge in [0, 0.05) is 12.1 Å². The van der Waals surface area contributed by atoms with E-state index in [0.717, 1.165) is 12.2 Å². The molecule has 0 aliphatic heterocycles. The lowest BCUT2D eigenvalue weighted by atomic mass is 10.2. The number of carbonyl (C=O) groups is 1. The SMILES string of the molecule is O=C(NCCCOc1ccccc1)c1cccc(O)c1. The van der Waals surface area contributed by atoms with Crippen molar-refractivity contribution in [1.82, 2.24) is 5.32 Å². The van der Waals surface area contributed by atoms with E-state index in [-0.39, 0.29) is 11.7 Å². The van der Waals surface area contributed by atoms with Gasteiger partial charge < -0.3 is 15.2 Å². The van der Waals surface area contributed by atoms with Gasteiger partial charge in [-0.15, -0.1) is 0 Å². The molecule has 0 saturated carbocycles. The van der Waals surface area contributed by atoms with Crippen LogP contribution >= 0.6 is 0 Å². The zero-order valence-electron chi connectivity index (χ0n) is 11.1. The second-order valence-corrected chi connectivity index (χ2v) is 4.32.